The molecule has 0 aliphatic rings. The fraction of sp³-hybridized carbons (Fsp3) is 0.278. The standard InChI is InChI=1S/C18H21FN2O2/c1-2-11-23-17-9-7-13(12-15(17)20)8-10-18(22)21-16-6-4-3-5-14(16)19/h3-7,9,12H,2,8,10-11,20H2,1H3,(H,21,22). The summed E-state index contributed by atoms with van der Waals surface area (Å²) in [5.74, 6) is -0.0195. The number of hydrogen-bond donors (Lipinski definition) is 2. The van der Waals surface area contributed by atoms with E-state index in [0.29, 0.717) is 24.5 Å². The molecule has 0 radical (unpaired) electrons. The van der Waals surface area contributed by atoms with Crippen LogP contribution < -0.4 is 15.8 Å². The van der Waals surface area contributed by atoms with E-state index in [1.807, 2.05) is 19.1 Å². The molecule has 0 saturated heterocycles. The van der Waals surface area contributed by atoms with Gasteiger partial charge in [-0.15, -0.1) is 0 Å². The van der Waals surface area contributed by atoms with E-state index >= 15 is 0 Å². The van der Waals surface area contributed by atoms with E-state index in [9.17, 15) is 9.18 Å². The van der Waals surface area contributed by atoms with Crippen molar-refractivity contribution in [2.24, 2.45) is 0 Å². The molecule has 122 valence electrons. The Morgan fingerprint density at radius 1 is 1.26 bits per heavy atom. The number of carbonyl (C=O) groups is 1. The van der Waals surface area contributed by atoms with E-state index < -0.39 is 5.82 Å². The van der Waals surface area contributed by atoms with Gasteiger partial charge >= 0.3 is 0 Å². The van der Waals surface area contributed by atoms with Crippen molar-refractivity contribution in [3.05, 3.63) is 53.8 Å². The Hall–Kier alpha value is -2.56. The van der Waals surface area contributed by atoms with Gasteiger partial charge in [0.15, 0.2) is 0 Å². The molecule has 0 saturated carbocycles. The first kappa shape index (κ1) is 16.8. The Morgan fingerprint density at radius 3 is 2.74 bits per heavy atom. The second kappa shape index (κ2) is 8.17. The molecule has 23 heavy (non-hydrogen) atoms. The lowest BCUT2D eigenvalue weighted by atomic mass is 10.1. The molecule has 1 amide bonds. The van der Waals surface area contributed by atoms with E-state index in [4.69, 9.17) is 10.5 Å². The number of aryl methyl sites for hydroxylation is 1. The zero-order valence-corrected chi connectivity index (χ0v) is 13.1. The third-order valence-electron chi connectivity index (χ3n) is 3.32. The predicted molar refractivity (Wildman–Crippen MR) is 90.0 cm³/mol. The Morgan fingerprint density at radius 2 is 2.04 bits per heavy atom. The quantitative estimate of drug-likeness (QED) is 0.764. The minimum absolute atomic E-state index is 0.195. The molecule has 5 heteroatoms. The Balaban J connectivity index is 1.89. The number of hydrogen-bond acceptors (Lipinski definition) is 3. The predicted octanol–water partition coefficient (Wildman–Crippen LogP) is 3.77. The largest absolute Gasteiger partial charge is 0.491 e. The molecule has 2 aromatic carbocycles. The van der Waals surface area contributed by atoms with Crippen LogP contribution in [0.4, 0.5) is 15.8 Å². The van der Waals surface area contributed by atoms with E-state index in [0.717, 1.165) is 12.0 Å². The Kier molecular flexibility index (Phi) is 5.97. The summed E-state index contributed by atoms with van der Waals surface area (Å²) < 4.78 is 19.0. The summed E-state index contributed by atoms with van der Waals surface area (Å²) in [6.45, 7) is 2.65. The molecule has 0 heterocycles. The summed E-state index contributed by atoms with van der Waals surface area (Å²) in [7, 11) is 0. The van der Waals surface area contributed by atoms with Crippen LogP contribution in [0.15, 0.2) is 42.5 Å². The van der Waals surface area contributed by atoms with Gasteiger partial charge in [-0.05, 0) is 42.7 Å². The van der Waals surface area contributed by atoms with Crippen molar-refractivity contribution in [2.45, 2.75) is 26.2 Å². The number of benzene rings is 2. The van der Waals surface area contributed by atoms with Gasteiger partial charge in [-0.3, -0.25) is 4.79 Å². The molecule has 0 aliphatic heterocycles. The van der Waals surface area contributed by atoms with Crippen molar-refractivity contribution in [3.8, 4) is 5.75 Å². The molecular weight excluding hydrogens is 295 g/mol. The monoisotopic (exact) mass is 316 g/mol. The number of rotatable bonds is 7. The van der Waals surface area contributed by atoms with Crippen molar-refractivity contribution in [1.82, 2.24) is 0 Å². The molecule has 2 rings (SSSR count). The summed E-state index contributed by atoms with van der Waals surface area (Å²) in [6, 6.07) is 11.6. The molecule has 4 nitrogen and oxygen atoms in total. The molecule has 3 N–H and O–H groups in total. The van der Waals surface area contributed by atoms with Gasteiger partial charge < -0.3 is 15.8 Å². The van der Waals surface area contributed by atoms with Crippen LogP contribution in [-0.2, 0) is 11.2 Å². The lowest BCUT2D eigenvalue weighted by Crippen LogP contribution is -2.13. The van der Waals surface area contributed by atoms with E-state index in [2.05, 4.69) is 5.32 Å². The maximum absolute atomic E-state index is 13.5. The molecular formula is C18H21FN2O2. The van der Waals surface area contributed by atoms with E-state index in [-0.39, 0.29) is 18.0 Å². The highest BCUT2D eigenvalue weighted by Crippen LogP contribution is 2.23. The van der Waals surface area contributed by atoms with Gasteiger partial charge in [0.05, 0.1) is 18.0 Å². The van der Waals surface area contributed by atoms with Gasteiger partial charge in [-0.2, -0.15) is 0 Å². The summed E-state index contributed by atoms with van der Waals surface area (Å²) >= 11 is 0. The zero-order valence-electron chi connectivity index (χ0n) is 13.1. The van der Waals surface area contributed by atoms with Crippen LogP contribution >= 0.6 is 0 Å². The SMILES string of the molecule is CCCOc1ccc(CCC(=O)Nc2ccccc2F)cc1N. The number of carbonyl (C=O) groups excluding carboxylic acids is 1. The van der Waals surface area contributed by atoms with Gasteiger partial charge in [-0.1, -0.05) is 25.1 Å². The second-order valence-corrected chi connectivity index (χ2v) is 5.25. The zero-order chi connectivity index (χ0) is 16.7. The third kappa shape index (κ3) is 4.98. The number of amides is 1. The molecule has 0 aromatic heterocycles. The van der Waals surface area contributed by atoms with Crippen molar-refractivity contribution < 1.29 is 13.9 Å². The first-order chi connectivity index (χ1) is 11.1. The van der Waals surface area contributed by atoms with Crippen LogP contribution in [-0.4, -0.2) is 12.5 Å². The van der Waals surface area contributed by atoms with Crippen molar-refractivity contribution in [3.63, 3.8) is 0 Å². The normalized spacial score (nSPS) is 10.3. The van der Waals surface area contributed by atoms with Crippen LogP contribution in [0, 0.1) is 5.82 Å². The topological polar surface area (TPSA) is 64.3 Å². The lowest BCUT2D eigenvalue weighted by Gasteiger charge is -2.10. The first-order valence-electron chi connectivity index (χ1n) is 7.65. The molecule has 2 aromatic rings. The minimum Gasteiger partial charge on any atom is -0.491 e. The highest BCUT2D eigenvalue weighted by molar-refractivity contribution is 5.90. The van der Waals surface area contributed by atoms with Gasteiger partial charge in [0.25, 0.3) is 0 Å². The highest BCUT2D eigenvalue weighted by atomic mass is 19.1. The fourth-order valence-electron chi connectivity index (χ4n) is 2.13. The number of anilines is 2. The molecule has 0 aliphatic carbocycles. The first-order valence-corrected chi connectivity index (χ1v) is 7.65. The van der Waals surface area contributed by atoms with Gasteiger partial charge in [0.2, 0.25) is 5.91 Å². The molecule has 0 fully saturated rings. The maximum Gasteiger partial charge on any atom is 0.224 e. The molecule has 0 unspecified atom stereocenters. The smallest absolute Gasteiger partial charge is 0.224 e. The molecule has 0 atom stereocenters. The van der Waals surface area contributed by atoms with Crippen molar-refractivity contribution >= 4 is 17.3 Å². The van der Waals surface area contributed by atoms with E-state index in [1.54, 1.807) is 18.2 Å². The third-order valence-corrected chi connectivity index (χ3v) is 3.32. The number of halogens is 1. The number of nitrogens with two attached hydrogens (primary N) is 1. The van der Waals surface area contributed by atoms with Crippen LogP contribution in [0.2, 0.25) is 0 Å². The molecule has 0 bridgehead atoms. The Bertz CT molecular complexity index is 674. The average molecular weight is 316 g/mol. The van der Waals surface area contributed by atoms with Crippen LogP contribution in [0.25, 0.3) is 0 Å². The van der Waals surface area contributed by atoms with Crippen molar-refractivity contribution in [2.75, 3.05) is 17.7 Å². The number of para-hydroxylation sites is 1. The number of nitrogens with one attached hydrogen (secondary N) is 1. The van der Waals surface area contributed by atoms with Gasteiger partial charge in [0, 0.05) is 6.42 Å². The molecule has 0 spiro atoms. The summed E-state index contributed by atoms with van der Waals surface area (Å²) in [5, 5.41) is 2.56. The minimum atomic E-state index is -0.442. The maximum atomic E-state index is 13.5. The van der Waals surface area contributed by atoms with Gasteiger partial charge in [0.1, 0.15) is 11.6 Å². The number of ether oxygens (including phenoxy) is 1. The summed E-state index contributed by atoms with van der Waals surface area (Å²) in [5.41, 5.74) is 7.63. The average Bonchev–Trinajstić information content (AvgIpc) is 2.54. The summed E-state index contributed by atoms with van der Waals surface area (Å²) in [6.07, 6.45) is 1.69. The Labute approximate surface area is 135 Å². The lowest BCUT2D eigenvalue weighted by molar-refractivity contribution is -0.116. The number of nitrogen functional groups attached to an aromatic ring is 1. The van der Waals surface area contributed by atoms with Crippen LogP contribution in [0.5, 0.6) is 5.75 Å². The van der Waals surface area contributed by atoms with Crippen LogP contribution in [0.1, 0.15) is 25.3 Å². The fourth-order valence-corrected chi connectivity index (χ4v) is 2.13. The van der Waals surface area contributed by atoms with Gasteiger partial charge in [-0.25, -0.2) is 4.39 Å². The van der Waals surface area contributed by atoms with Crippen molar-refractivity contribution in [1.29, 1.82) is 0 Å². The second-order valence-electron chi connectivity index (χ2n) is 5.25. The summed E-state index contributed by atoms with van der Waals surface area (Å²) in [4.78, 5) is 11.9. The highest BCUT2D eigenvalue weighted by Gasteiger charge is 2.08. The van der Waals surface area contributed by atoms with Crippen LogP contribution in [0.3, 0.4) is 0 Å². The van der Waals surface area contributed by atoms with E-state index in [1.165, 1.54) is 12.1 Å².